The van der Waals surface area contributed by atoms with E-state index in [1.165, 1.54) is 18.0 Å². The molecule has 9 heteroatoms. The maximum absolute atomic E-state index is 12.2. The zero-order valence-electron chi connectivity index (χ0n) is 15.9. The molecule has 1 aromatic carbocycles. The molecule has 3 rings (SSSR count). The summed E-state index contributed by atoms with van der Waals surface area (Å²) < 4.78 is 2.00. The maximum atomic E-state index is 12.2. The summed E-state index contributed by atoms with van der Waals surface area (Å²) >= 11 is 7.14. The minimum Gasteiger partial charge on any atom is -0.378 e. The van der Waals surface area contributed by atoms with Crippen molar-refractivity contribution in [1.82, 2.24) is 19.7 Å². The molecule has 2 heterocycles. The number of nitrogens with zero attached hydrogens (tertiary/aromatic N) is 5. The van der Waals surface area contributed by atoms with Crippen molar-refractivity contribution in [3.63, 3.8) is 0 Å². The number of aromatic nitrogens is 4. The number of amides is 1. The molecule has 0 aliphatic heterocycles. The SMILES string of the molecule is CCn1c(SCC(=O)Nc2ccc(Cl)cn2)nnc1-c1ccc(N(C)C)cc1. The molecule has 0 aliphatic carbocycles. The number of anilines is 2. The number of thioether (sulfide) groups is 1. The Bertz CT molecular complexity index is 940. The highest BCUT2D eigenvalue weighted by Crippen LogP contribution is 2.25. The number of pyridine rings is 1. The van der Waals surface area contributed by atoms with E-state index in [4.69, 9.17) is 11.6 Å². The minimum absolute atomic E-state index is 0.164. The lowest BCUT2D eigenvalue weighted by Crippen LogP contribution is -2.15. The third-order valence-corrected chi connectivity index (χ3v) is 5.19. The summed E-state index contributed by atoms with van der Waals surface area (Å²) in [4.78, 5) is 18.3. The van der Waals surface area contributed by atoms with Crippen LogP contribution < -0.4 is 10.2 Å². The minimum atomic E-state index is -0.164. The second-order valence-corrected chi connectivity index (χ2v) is 7.57. The molecule has 28 heavy (non-hydrogen) atoms. The Labute approximate surface area is 173 Å². The van der Waals surface area contributed by atoms with E-state index in [0.717, 1.165) is 17.1 Å². The molecule has 3 aromatic rings. The summed E-state index contributed by atoms with van der Waals surface area (Å²) in [6.07, 6.45) is 1.49. The number of nitrogens with one attached hydrogen (secondary N) is 1. The van der Waals surface area contributed by atoms with Gasteiger partial charge < -0.3 is 14.8 Å². The monoisotopic (exact) mass is 416 g/mol. The predicted molar refractivity (Wildman–Crippen MR) is 114 cm³/mol. The highest BCUT2D eigenvalue weighted by Gasteiger charge is 2.15. The molecule has 1 amide bonds. The Morgan fingerprint density at radius 1 is 1.18 bits per heavy atom. The molecule has 146 valence electrons. The van der Waals surface area contributed by atoms with Gasteiger partial charge in [0.25, 0.3) is 0 Å². The smallest absolute Gasteiger partial charge is 0.236 e. The van der Waals surface area contributed by atoms with Crippen LogP contribution in [0.25, 0.3) is 11.4 Å². The van der Waals surface area contributed by atoms with Gasteiger partial charge in [-0.05, 0) is 43.3 Å². The molecule has 0 fully saturated rings. The van der Waals surface area contributed by atoms with Crippen molar-refractivity contribution in [2.75, 3.05) is 30.1 Å². The first kappa shape index (κ1) is 20.2. The number of carbonyl (C=O) groups is 1. The van der Waals surface area contributed by atoms with Crippen molar-refractivity contribution in [1.29, 1.82) is 0 Å². The molecular formula is C19H21ClN6OS. The fraction of sp³-hybridized carbons (Fsp3) is 0.263. The highest BCUT2D eigenvalue weighted by molar-refractivity contribution is 7.99. The van der Waals surface area contributed by atoms with Gasteiger partial charge in [-0.3, -0.25) is 4.79 Å². The first-order valence-electron chi connectivity index (χ1n) is 8.73. The van der Waals surface area contributed by atoms with E-state index in [2.05, 4.69) is 20.5 Å². The van der Waals surface area contributed by atoms with Crippen molar-refractivity contribution in [3.05, 3.63) is 47.6 Å². The average molecular weight is 417 g/mol. The number of hydrogen-bond donors (Lipinski definition) is 1. The first-order valence-corrected chi connectivity index (χ1v) is 10.1. The number of benzene rings is 1. The van der Waals surface area contributed by atoms with E-state index in [1.807, 2.05) is 54.8 Å². The lowest BCUT2D eigenvalue weighted by Gasteiger charge is -2.13. The van der Waals surface area contributed by atoms with Crippen molar-refractivity contribution in [2.24, 2.45) is 0 Å². The molecular weight excluding hydrogens is 396 g/mol. The molecule has 7 nitrogen and oxygen atoms in total. The fourth-order valence-corrected chi connectivity index (χ4v) is 3.48. The van der Waals surface area contributed by atoms with Crippen molar-refractivity contribution < 1.29 is 4.79 Å². The fourth-order valence-electron chi connectivity index (χ4n) is 2.56. The Hall–Kier alpha value is -2.58. The van der Waals surface area contributed by atoms with Crippen LogP contribution in [0.15, 0.2) is 47.8 Å². The molecule has 0 unspecified atom stereocenters. The maximum Gasteiger partial charge on any atom is 0.236 e. The third-order valence-electron chi connectivity index (χ3n) is 4.00. The van der Waals surface area contributed by atoms with E-state index < -0.39 is 0 Å². The van der Waals surface area contributed by atoms with Gasteiger partial charge in [0, 0.05) is 38.1 Å². The van der Waals surface area contributed by atoms with Gasteiger partial charge in [0.1, 0.15) is 5.82 Å². The van der Waals surface area contributed by atoms with Gasteiger partial charge in [-0.1, -0.05) is 23.4 Å². The van der Waals surface area contributed by atoms with Crippen molar-refractivity contribution in [2.45, 2.75) is 18.6 Å². The molecule has 0 saturated carbocycles. The van der Waals surface area contributed by atoms with Crippen LogP contribution in [-0.4, -0.2) is 45.5 Å². The summed E-state index contributed by atoms with van der Waals surface area (Å²) in [6, 6.07) is 11.5. The Morgan fingerprint density at radius 3 is 2.54 bits per heavy atom. The molecule has 0 spiro atoms. The van der Waals surface area contributed by atoms with E-state index in [-0.39, 0.29) is 11.7 Å². The quantitative estimate of drug-likeness (QED) is 0.590. The predicted octanol–water partition coefficient (Wildman–Crippen LogP) is 3.81. The van der Waals surface area contributed by atoms with Crippen molar-refractivity contribution in [3.8, 4) is 11.4 Å². The van der Waals surface area contributed by atoms with Crippen molar-refractivity contribution >= 4 is 40.8 Å². The van der Waals surface area contributed by atoms with Gasteiger partial charge in [0.05, 0.1) is 10.8 Å². The van der Waals surface area contributed by atoms with Gasteiger partial charge >= 0.3 is 0 Å². The summed E-state index contributed by atoms with van der Waals surface area (Å²) in [5.41, 5.74) is 2.11. The highest BCUT2D eigenvalue weighted by atomic mass is 35.5. The third kappa shape index (κ3) is 4.82. The average Bonchev–Trinajstić information content (AvgIpc) is 3.11. The van der Waals surface area contributed by atoms with Crippen LogP contribution in [0.3, 0.4) is 0 Å². The standard InChI is InChI=1S/C19H21ClN6OS/c1-4-26-18(13-5-8-15(9-6-13)25(2)3)23-24-19(26)28-12-17(27)22-16-10-7-14(20)11-21-16/h5-11H,4,12H2,1-3H3,(H,21,22,27). The molecule has 1 N–H and O–H groups in total. The van der Waals surface area contributed by atoms with Gasteiger partial charge in [-0.15, -0.1) is 10.2 Å². The molecule has 0 aliphatic rings. The van der Waals surface area contributed by atoms with Crippen LogP contribution in [0.4, 0.5) is 11.5 Å². The van der Waals surface area contributed by atoms with Crippen LogP contribution in [-0.2, 0) is 11.3 Å². The van der Waals surface area contributed by atoms with Crippen LogP contribution in [0.2, 0.25) is 5.02 Å². The van der Waals surface area contributed by atoms with Crippen LogP contribution >= 0.6 is 23.4 Å². The Balaban J connectivity index is 1.68. The molecule has 0 saturated heterocycles. The van der Waals surface area contributed by atoms with E-state index in [1.54, 1.807) is 12.1 Å². The summed E-state index contributed by atoms with van der Waals surface area (Å²) in [5, 5.41) is 12.6. The Kier molecular flexibility index (Phi) is 6.53. The first-order chi connectivity index (χ1) is 13.5. The van der Waals surface area contributed by atoms with Gasteiger partial charge in [0.2, 0.25) is 5.91 Å². The van der Waals surface area contributed by atoms with Gasteiger partial charge in [0.15, 0.2) is 11.0 Å². The lowest BCUT2D eigenvalue weighted by atomic mass is 10.2. The molecule has 0 bridgehead atoms. The zero-order chi connectivity index (χ0) is 20.1. The van der Waals surface area contributed by atoms with E-state index in [0.29, 0.717) is 22.5 Å². The van der Waals surface area contributed by atoms with Crippen LogP contribution in [0, 0.1) is 0 Å². The van der Waals surface area contributed by atoms with E-state index in [9.17, 15) is 4.79 Å². The molecule has 0 atom stereocenters. The molecule has 2 aromatic heterocycles. The van der Waals surface area contributed by atoms with E-state index >= 15 is 0 Å². The van der Waals surface area contributed by atoms with Gasteiger partial charge in [-0.25, -0.2) is 4.98 Å². The van der Waals surface area contributed by atoms with Gasteiger partial charge in [-0.2, -0.15) is 0 Å². The van der Waals surface area contributed by atoms with Crippen LogP contribution in [0.1, 0.15) is 6.92 Å². The number of halogens is 1. The second-order valence-electron chi connectivity index (χ2n) is 6.19. The number of carbonyl (C=O) groups excluding carboxylic acids is 1. The summed E-state index contributed by atoms with van der Waals surface area (Å²) in [6.45, 7) is 2.74. The second kappa shape index (κ2) is 9.07. The summed E-state index contributed by atoms with van der Waals surface area (Å²) in [5.74, 6) is 1.30. The topological polar surface area (TPSA) is 75.9 Å². The Morgan fingerprint density at radius 2 is 1.93 bits per heavy atom. The molecule has 0 radical (unpaired) electrons. The van der Waals surface area contributed by atoms with Crippen LogP contribution in [0.5, 0.6) is 0 Å². The normalized spacial score (nSPS) is 10.7. The lowest BCUT2D eigenvalue weighted by molar-refractivity contribution is -0.113. The zero-order valence-corrected chi connectivity index (χ0v) is 17.5. The number of rotatable bonds is 7. The summed E-state index contributed by atoms with van der Waals surface area (Å²) in [7, 11) is 4.01. The largest absolute Gasteiger partial charge is 0.378 e. The number of hydrogen-bond acceptors (Lipinski definition) is 6.